The number of alkyl halides is 3. The number of esters is 1. The standard InChI is InChI=1S/C31H36F3N3O9.CH4/c1-12-16-6-5-14(11-37-9-7-15(8-10-37)31(32,33)34)23(39)18(16)24(40)19-17(12)26(46-13(2)38)21-22(36(3)4)25(41)20(29(35)44)28(43)30(21,45)27(19)42;/h5-6,12,15,17,21-22,26,39-40,43,45H,7-11H2,1-4H3,(H2,35,44);1H4/t12-,17+,21+,22-,26-,30-;/m0./s1. The molecule has 1 amide bonds. The molecule has 1 aliphatic heterocycles. The number of hydrogen-bond donors (Lipinski definition) is 5. The summed E-state index contributed by atoms with van der Waals surface area (Å²) in [5.74, 6) is -12.2. The van der Waals surface area contributed by atoms with Crippen molar-refractivity contribution < 1.29 is 57.5 Å². The maximum absolute atomic E-state index is 14.3. The number of halogens is 3. The smallest absolute Gasteiger partial charge is 0.391 e. The Morgan fingerprint density at radius 1 is 1.13 bits per heavy atom. The number of rotatable bonds is 5. The van der Waals surface area contributed by atoms with E-state index in [-0.39, 0.29) is 51.0 Å². The molecule has 1 aromatic rings. The fraction of sp³-hybridized carbons (Fsp3) is 0.562. The van der Waals surface area contributed by atoms with Crippen molar-refractivity contribution in [1.82, 2.24) is 9.80 Å². The molecule has 1 saturated carbocycles. The molecule has 6 N–H and O–H groups in total. The van der Waals surface area contributed by atoms with Crippen LogP contribution in [0.5, 0.6) is 5.75 Å². The molecule has 4 aliphatic rings. The molecule has 0 radical (unpaired) electrons. The second-order valence-corrected chi connectivity index (χ2v) is 12.8. The van der Waals surface area contributed by atoms with Gasteiger partial charge in [0.25, 0.3) is 5.91 Å². The molecular weight excluding hydrogens is 627 g/mol. The van der Waals surface area contributed by atoms with E-state index < -0.39 is 99.5 Å². The Balaban J connectivity index is 0.00000500. The number of carbonyl (C=O) groups is 4. The van der Waals surface area contributed by atoms with Crippen LogP contribution in [0.15, 0.2) is 29.0 Å². The van der Waals surface area contributed by atoms with E-state index in [1.165, 1.54) is 19.0 Å². The van der Waals surface area contributed by atoms with E-state index in [4.69, 9.17) is 10.5 Å². The van der Waals surface area contributed by atoms with Crippen LogP contribution in [0.3, 0.4) is 0 Å². The van der Waals surface area contributed by atoms with Crippen LogP contribution < -0.4 is 5.73 Å². The lowest BCUT2D eigenvalue weighted by atomic mass is 9.54. The maximum Gasteiger partial charge on any atom is 0.391 e. The number of phenolic OH excluding ortho intramolecular Hbond substituents is 1. The Morgan fingerprint density at radius 3 is 2.23 bits per heavy atom. The zero-order valence-electron chi connectivity index (χ0n) is 25.6. The molecule has 1 heterocycles. The number of piperidine rings is 1. The summed E-state index contributed by atoms with van der Waals surface area (Å²) in [4.78, 5) is 55.6. The molecule has 1 aromatic carbocycles. The summed E-state index contributed by atoms with van der Waals surface area (Å²) >= 11 is 0. The number of hydrogen-bond acceptors (Lipinski definition) is 11. The highest BCUT2D eigenvalue weighted by Gasteiger charge is 2.69. The lowest BCUT2D eigenvalue weighted by Gasteiger charge is -2.54. The number of nitrogens with two attached hydrogens (primary N) is 1. The van der Waals surface area contributed by atoms with Gasteiger partial charge in [-0.15, -0.1) is 0 Å². The van der Waals surface area contributed by atoms with Gasteiger partial charge in [-0.2, -0.15) is 13.2 Å². The number of nitrogens with zero attached hydrogens (tertiary/aromatic N) is 2. The zero-order valence-corrected chi connectivity index (χ0v) is 25.6. The molecule has 3 aliphatic carbocycles. The summed E-state index contributed by atoms with van der Waals surface area (Å²) in [6.07, 6.45) is -6.04. The molecule has 0 spiro atoms. The van der Waals surface area contributed by atoms with E-state index in [2.05, 4.69) is 0 Å². The number of carbonyl (C=O) groups excluding carboxylic acids is 4. The van der Waals surface area contributed by atoms with Gasteiger partial charge in [-0.25, -0.2) is 0 Å². The van der Waals surface area contributed by atoms with E-state index in [0.29, 0.717) is 5.56 Å². The largest absolute Gasteiger partial charge is 0.508 e. The van der Waals surface area contributed by atoms with Crippen molar-refractivity contribution in [3.8, 4) is 5.75 Å². The summed E-state index contributed by atoms with van der Waals surface area (Å²) in [7, 11) is 2.85. The van der Waals surface area contributed by atoms with E-state index in [1.54, 1.807) is 24.0 Å². The molecule has 2 fully saturated rings. The molecule has 0 bridgehead atoms. The second kappa shape index (κ2) is 12.3. The number of likely N-dealkylation sites (tertiary alicyclic amines) is 1. The average Bonchev–Trinajstić information content (AvgIpc) is 2.95. The Hall–Kier alpha value is -3.95. The minimum absolute atomic E-state index is 0. The van der Waals surface area contributed by atoms with Gasteiger partial charge in [0.15, 0.2) is 11.4 Å². The fourth-order valence-corrected chi connectivity index (χ4v) is 7.75. The summed E-state index contributed by atoms with van der Waals surface area (Å²) in [5.41, 5.74) is 1.22. The number of fused-ring (bicyclic) bond motifs is 3. The number of primary amides is 1. The van der Waals surface area contributed by atoms with Crippen molar-refractivity contribution in [3.05, 3.63) is 45.7 Å². The summed E-state index contributed by atoms with van der Waals surface area (Å²) in [5, 5.41) is 46.3. The molecule has 258 valence electrons. The van der Waals surface area contributed by atoms with E-state index >= 15 is 0 Å². The molecule has 0 unspecified atom stereocenters. The highest BCUT2D eigenvalue weighted by molar-refractivity contribution is 6.24. The van der Waals surface area contributed by atoms with Gasteiger partial charge < -0.3 is 30.9 Å². The summed E-state index contributed by atoms with van der Waals surface area (Å²) < 4.78 is 45.2. The van der Waals surface area contributed by atoms with Crippen LogP contribution in [0.4, 0.5) is 13.2 Å². The lowest BCUT2D eigenvalue weighted by molar-refractivity contribution is -0.185. The first-order chi connectivity index (χ1) is 21.3. The maximum atomic E-state index is 14.3. The summed E-state index contributed by atoms with van der Waals surface area (Å²) in [6.45, 7) is 2.96. The number of ether oxygens (including phenoxy) is 1. The quantitative estimate of drug-likeness (QED) is 0.229. The Bertz CT molecular complexity index is 1580. The Labute approximate surface area is 269 Å². The first-order valence-electron chi connectivity index (χ1n) is 14.8. The molecule has 0 aromatic heterocycles. The van der Waals surface area contributed by atoms with Gasteiger partial charge in [0.2, 0.25) is 5.78 Å². The van der Waals surface area contributed by atoms with Gasteiger partial charge in [-0.3, -0.25) is 29.0 Å². The van der Waals surface area contributed by atoms with Crippen molar-refractivity contribution in [3.63, 3.8) is 0 Å². The minimum Gasteiger partial charge on any atom is -0.508 e. The monoisotopic (exact) mass is 667 g/mol. The number of amides is 1. The van der Waals surface area contributed by atoms with E-state index in [9.17, 15) is 52.8 Å². The third-order valence-electron chi connectivity index (χ3n) is 9.93. The zero-order chi connectivity index (χ0) is 34.2. The molecule has 47 heavy (non-hydrogen) atoms. The fourth-order valence-electron chi connectivity index (χ4n) is 7.75. The number of aliphatic hydroxyl groups excluding tert-OH is 2. The van der Waals surface area contributed by atoms with Gasteiger partial charge in [0, 0.05) is 30.5 Å². The molecule has 1 saturated heterocycles. The van der Waals surface area contributed by atoms with Gasteiger partial charge in [0.05, 0.1) is 23.4 Å². The number of aromatic hydroxyl groups is 1. The number of ketones is 2. The number of likely N-dealkylation sites (N-methyl/N-ethyl adjacent to an activating group) is 1. The van der Waals surface area contributed by atoms with Crippen LogP contribution in [-0.4, -0.2) is 105 Å². The third kappa shape index (κ3) is 5.47. The van der Waals surface area contributed by atoms with Crippen LogP contribution in [0.1, 0.15) is 56.7 Å². The molecule has 12 nitrogen and oxygen atoms in total. The van der Waals surface area contributed by atoms with Crippen LogP contribution in [0.25, 0.3) is 5.76 Å². The molecule has 6 atom stereocenters. The van der Waals surface area contributed by atoms with Gasteiger partial charge in [0.1, 0.15) is 28.9 Å². The Kier molecular flexibility index (Phi) is 9.36. The van der Waals surface area contributed by atoms with Gasteiger partial charge in [-0.05, 0) is 51.5 Å². The summed E-state index contributed by atoms with van der Waals surface area (Å²) in [6, 6.07) is 1.66. The van der Waals surface area contributed by atoms with Crippen molar-refractivity contribution in [2.45, 2.75) is 70.5 Å². The molecular formula is C32H40F3N3O9. The first kappa shape index (κ1) is 35.9. The predicted octanol–water partition coefficient (Wildman–Crippen LogP) is 2.48. The van der Waals surface area contributed by atoms with Crippen LogP contribution in [0.2, 0.25) is 0 Å². The van der Waals surface area contributed by atoms with E-state index in [0.717, 1.165) is 6.92 Å². The van der Waals surface area contributed by atoms with Crippen molar-refractivity contribution in [1.29, 1.82) is 0 Å². The van der Waals surface area contributed by atoms with Crippen LogP contribution in [0, 0.1) is 17.8 Å². The average molecular weight is 668 g/mol. The topological polar surface area (TPSA) is 191 Å². The van der Waals surface area contributed by atoms with Crippen LogP contribution >= 0.6 is 0 Å². The minimum atomic E-state index is -4.30. The number of aliphatic hydroxyl groups is 3. The van der Waals surface area contributed by atoms with Crippen molar-refractivity contribution >= 4 is 29.2 Å². The predicted molar refractivity (Wildman–Crippen MR) is 161 cm³/mol. The normalized spacial score (nSPS) is 30.0. The van der Waals surface area contributed by atoms with Crippen molar-refractivity contribution in [2.24, 2.45) is 23.5 Å². The number of Topliss-reactive ketones (excluding diaryl/α,β-unsaturated/α-hetero) is 2. The van der Waals surface area contributed by atoms with E-state index in [1.807, 2.05) is 0 Å². The highest BCUT2D eigenvalue weighted by Crippen LogP contribution is 2.57. The third-order valence-corrected chi connectivity index (χ3v) is 9.93. The first-order valence-corrected chi connectivity index (χ1v) is 14.8. The SMILES string of the molecule is C.CC(=O)O[C@H]1[C@H]2C(=C(O)c3c(ccc(CN4CCC(C(F)(F)F)CC4)c3O)[C@@H]2C)C(=O)[C@]2(O)C(O)=C(C(N)=O)C(=O)[C@@H](N(C)C)[C@H]12. The van der Waals surface area contributed by atoms with Gasteiger partial charge in [-0.1, -0.05) is 26.5 Å². The molecule has 15 heteroatoms. The molecule has 5 rings (SSSR count). The Morgan fingerprint density at radius 2 is 1.72 bits per heavy atom. The van der Waals surface area contributed by atoms with Gasteiger partial charge >= 0.3 is 12.1 Å². The lowest BCUT2D eigenvalue weighted by Crippen LogP contribution is -2.71. The van der Waals surface area contributed by atoms with Crippen molar-refractivity contribution in [2.75, 3.05) is 27.2 Å². The highest BCUT2D eigenvalue weighted by atomic mass is 19.4. The number of benzene rings is 1. The van der Waals surface area contributed by atoms with Crippen LogP contribution in [-0.2, 0) is 30.5 Å². The number of phenols is 1. The second-order valence-electron chi connectivity index (χ2n) is 12.8.